The Labute approximate surface area is 95.3 Å². The first-order valence-electron chi connectivity index (χ1n) is 5.31. The average molecular weight is 228 g/mol. The first kappa shape index (κ1) is 12.6. The Morgan fingerprint density at radius 1 is 1.60 bits per heavy atom. The van der Waals surface area contributed by atoms with E-state index in [-0.39, 0.29) is 12.0 Å². The molecule has 0 spiro atoms. The molecule has 4 heteroatoms. The van der Waals surface area contributed by atoms with Gasteiger partial charge in [0.15, 0.2) is 0 Å². The molecule has 0 amide bonds. The van der Waals surface area contributed by atoms with Gasteiger partial charge in [0.05, 0.1) is 11.6 Å². The third kappa shape index (κ3) is 3.55. The second kappa shape index (κ2) is 5.58. The summed E-state index contributed by atoms with van der Waals surface area (Å²) in [4.78, 5) is 4.26. The van der Waals surface area contributed by atoms with E-state index in [2.05, 4.69) is 18.8 Å². The van der Waals surface area contributed by atoms with Crippen LogP contribution < -0.4 is 5.73 Å². The van der Waals surface area contributed by atoms with E-state index in [1.165, 1.54) is 0 Å². The Morgan fingerprint density at radius 3 is 2.73 bits per heavy atom. The maximum Gasteiger partial charge on any atom is 0.0931 e. The highest BCUT2D eigenvalue weighted by Gasteiger charge is 2.30. The van der Waals surface area contributed by atoms with Crippen LogP contribution in [-0.4, -0.2) is 23.2 Å². The molecule has 0 bridgehead atoms. The molecule has 3 nitrogen and oxygen atoms in total. The smallest absolute Gasteiger partial charge is 0.0931 e. The van der Waals surface area contributed by atoms with Crippen molar-refractivity contribution in [1.82, 2.24) is 4.98 Å². The van der Waals surface area contributed by atoms with Crippen molar-refractivity contribution >= 4 is 11.3 Å². The van der Waals surface area contributed by atoms with E-state index < -0.39 is 0 Å². The molecule has 0 saturated heterocycles. The Hall–Kier alpha value is -0.450. The van der Waals surface area contributed by atoms with E-state index in [1.807, 2.05) is 5.38 Å². The molecular formula is C11H20N2OS. The van der Waals surface area contributed by atoms with E-state index in [0.29, 0.717) is 12.5 Å². The molecule has 1 aromatic heterocycles. The van der Waals surface area contributed by atoms with Gasteiger partial charge < -0.3 is 10.8 Å². The Kier molecular flexibility index (Phi) is 4.70. The topological polar surface area (TPSA) is 59.1 Å². The van der Waals surface area contributed by atoms with Crippen LogP contribution in [0, 0.1) is 11.3 Å². The molecule has 1 unspecified atom stereocenters. The molecule has 0 aliphatic heterocycles. The van der Waals surface area contributed by atoms with Gasteiger partial charge in [0.25, 0.3) is 0 Å². The quantitative estimate of drug-likeness (QED) is 0.778. The van der Waals surface area contributed by atoms with Crippen LogP contribution in [0.4, 0.5) is 0 Å². The van der Waals surface area contributed by atoms with Crippen LogP contribution in [-0.2, 0) is 6.42 Å². The lowest BCUT2D eigenvalue weighted by Gasteiger charge is -2.31. The number of thiazole rings is 1. The molecule has 0 radical (unpaired) electrons. The Balaban J connectivity index is 2.71. The van der Waals surface area contributed by atoms with E-state index in [9.17, 15) is 5.11 Å². The normalized spacial score (nSPS) is 15.5. The van der Waals surface area contributed by atoms with E-state index in [0.717, 1.165) is 17.8 Å². The van der Waals surface area contributed by atoms with Crippen LogP contribution in [0.5, 0.6) is 0 Å². The number of hydrogen-bond donors (Lipinski definition) is 2. The van der Waals surface area contributed by atoms with Gasteiger partial charge in [-0.3, -0.25) is 0 Å². The summed E-state index contributed by atoms with van der Waals surface area (Å²) in [5.74, 6) is 0.542. The predicted octanol–water partition coefficient (Wildman–Crippen LogP) is 1.67. The zero-order chi connectivity index (χ0) is 11.3. The molecule has 0 aliphatic rings. The summed E-state index contributed by atoms with van der Waals surface area (Å²) in [5.41, 5.74) is 5.61. The maximum absolute atomic E-state index is 9.52. The molecule has 0 aromatic carbocycles. The number of aliphatic hydroxyl groups excluding tert-OH is 1. The van der Waals surface area contributed by atoms with Crippen molar-refractivity contribution < 1.29 is 5.11 Å². The molecule has 86 valence electrons. The zero-order valence-electron chi connectivity index (χ0n) is 9.44. The largest absolute Gasteiger partial charge is 0.396 e. The van der Waals surface area contributed by atoms with Crippen LogP contribution >= 0.6 is 11.3 Å². The van der Waals surface area contributed by atoms with Crippen LogP contribution in [0.25, 0.3) is 0 Å². The van der Waals surface area contributed by atoms with Crippen molar-refractivity contribution in [2.24, 2.45) is 17.1 Å². The van der Waals surface area contributed by atoms with Crippen molar-refractivity contribution in [1.29, 1.82) is 0 Å². The number of aromatic nitrogens is 1. The van der Waals surface area contributed by atoms with Crippen LogP contribution in [0.3, 0.4) is 0 Å². The van der Waals surface area contributed by atoms with Gasteiger partial charge >= 0.3 is 0 Å². The molecule has 0 aliphatic carbocycles. The number of nitrogens with zero attached hydrogens (tertiary/aromatic N) is 1. The fourth-order valence-corrected chi connectivity index (χ4v) is 2.73. The van der Waals surface area contributed by atoms with Crippen LogP contribution in [0.1, 0.15) is 25.3 Å². The standard InChI is InChI=1S/C11H20N2OS/c1-9(2)5-11(7-12,8-14)6-10-13-3-4-15-10/h3-4,9,14H,5-8,12H2,1-2H3. The molecule has 1 aromatic rings. The van der Waals surface area contributed by atoms with Gasteiger partial charge in [-0.05, 0) is 12.3 Å². The summed E-state index contributed by atoms with van der Waals surface area (Å²) in [6, 6.07) is 0. The summed E-state index contributed by atoms with van der Waals surface area (Å²) in [5, 5.41) is 12.5. The zero-order valence-corrected chi connectivity index (χ0v) is 10.3. The van der Waals surface area contributed by atoms with E-state index >= 15 is 0 Å². The van der Waals surface area contributed by atoms with Crippen LogP contribution in [0.2, 0.25) is 0 Å². The van der Waals surface area contributed by atoms with Crippen molar-refractivity contribution in [2.45, 2.75) is 26.7 Å². The van der Waals surface area contributed by atoms with Crippen molar-refractivity contribution in [3.63, 3.8) is 0 Å². The third-order valence-corrected chi connectivity index (χ3v) is 3.40. The van der Waals surface area contributed by atoms with Crippen molar-refractivity contribution in [3.05, 3.63) is 16.6 Å². The van der Waals surface area contributed by atoms with Gasteiger partial charge in [-0.2, -0.15) is 0 Å². The lowest BCUT2D eigenvalue weighted by atomic mass is 9.78. The summed E-state index contributed by atoms with van der Waals surface area (Å²) < 4.78 is 0. The predicted molar refractivity (Wildman–Crippen MR) is 63.8 cm³/mol. The average Bonchev–Trinajstić information content (AvgIpc) is 2.68. The molecule has 15 heavy (non-hydrogen) atoms. The summed E-state index contributed by atoms with van der Waals surface area (Å²) in [7, 11) is 0. The molecule has 1 atom stereocenters. The molecule has 1 heterocycles. The minimum atomic E-state index is -0.188. The lowest BCUT2D eigenvalue weighted by Crippen LogP contribution is -2.37. The van der Waals surface area contributed by atoms with Gasteiger partial charge in [0, 0.05) is 30.0 Å². The molecule has 3 N–H and O–H groups in total. The maximum atomic E-state index is 9.52. The summed E-state index contributed by atoms with van der Waals surface area (Å²) in [6.45, 7) is 4.96. The number of nitrogens with two attached hydrogens (primary N) is 1. The molecular weight excluding hydrogens is 208 g/mol. The first-order valence-corrected chi connectivity index (χ1v) is 6.19. The highest BCUT2D eigenvalue weighted by molar-refractivity contribution is 7.09. The minimum Gasteiger partial charge on any atom is -0.396 e. The fraction of sp³-hybridized carbons (Fsp3) is 0.727. The monoisotopic (exact) mass is 228 g/mol. The Bertz CT molecular complexity index is 268. The number of aliphatic hydroxyl groups is 1. The van der Waals surface area contributed by atoms with Crippen molar-refractivity contribution in [2.75, 3.05) is 13.2 Å². The third-order valence-electron chi connectivity index (χ3n) is 2.62. The highest BCUT2D eigenvalue weighted by atomic mass is 32.1. The van der Waals surface area contributed by atoms with Crippen molar-refractivity contribution in [3.8, 4) is 0 Å². The molecule has 1 rings (SSSR count). The van der Waals surface area contributed by atoms with Gasteiger partial charge in [-0.1, -0.05) is 13.8 Å². The van der Waals surface area contributed by atoms with Gasteiger partial charge in [-0.15, -0.1) is 11.3 Å². The molecule has 0 saturated carbocycles. The van der Waals surface area contributed by atoms with Gasteiger partial charge in [0.1, 0.15) is 0 Å². The van der Waals surface area contributed by atoms with E-state index in [1.54, 1.807) is 17.5 Å². The number of rotatable bonds is 6. The van der Waals surface area contributed by atoms with E-state index in [4.69, 9.17) is 5.73 Å². The molecule has 0 fully saturated rings. The minimum absolute atomic E-state index is 0.140. The summed E-state index contributed by atoms with van der Waals surface area (Å²) in [6.07, 6.45) is 3.53. The Morgan fingerprint density at radius 2 is 2.33 bits per heavy atom. The fourth-order valence-electron chi connectivity index (χ4n) is 1.94. The highest BCUT2D eigenvalue weighted by Crippen LogP contribution is 2.30. The van der Waals surface area contributed by atoms with Gasteiger partial charge in [-0.25, -0.2) is 4.98 Å². The summed E-state index contributed by atoms with van der Waals surface area (Å²) >= 11 is 1.63. The van der Waals surface area contributed by atoms with Gasteiger partial charge in [0.2, 0.25) is 0 Å². The second-order valence-corrected chi connectivity index (χ2v) is 5.54. The van der Waals surface area contributed by atoms with Crippen LogP contribution in [0.15, 0.2) is 11.6 Å². The number of hydrogen-bond acceptors (Lipinski definition) is 4. The second-order valence-electron chi connectivity index (χ2n) is 4.56. The first-order chi connectivity index (χ1) is 7.12. The lowest BCUT2D eigenvalue weighted by molar-refractivity contribution is 0.108. The SMILES string of the molecule is CC(C)CC(CN)(CO)Cc1nccs1.